The Balaban J connectivity index is 2.02. The van der Waals surface area contributed by atoms with Crippen molar-refractivity contribution in [3.63, 3.8) is 0 Å². The van der Waals surface area contributed by atoms with Crippen LogP contribution in [0.15, 0.2) is 48.5 Å². The average molecular weight is 280 g/mol. The molecule has 0 radical (unpaired) electrons. The molecule has 0 amide bonds. The minimum atomic E-state index is -0.330. The maximum absolute atomic E-state index is 12.3. The molecule has 0 bridgehead atoms. The first kappa shape index (κ1) is 13.9. The summed E-state index contributed by atoms with van der Waals surface area (Å²) in [5, 5.41) is 0. The van der Waals surface area contributed by atoms with E-state index in [1.807, 2.05) is 30.3 Å². The zero-order valence-corrected chi connectivity index (χ0v) is 12.3. The molecule has 108 valence electrons. The van der Waals surface area contributed by atoms with Gasteiger partial charge in [0.2, 0.25) is 0 Å². The van der Waals surface area contributed by atoms with Crippen LogP contribution in [0.3, 0.4) is 0 Å². The molecule has 0 saturated carbocycles. The predicted octanol–water partition coefficient (Wildman–Crippen LogP) is 3.87. The Labute approximate surface area is 125 Å². The average Bonchev–Trinajstić information content (AvgIpc) is 2.56. The Kier molecular flexibility index (Phi) is 4.05. The minimum Gasteiger partial charge on any atom is -0.468 e. The highest BCUT2D eigenvalue weighted by Crippen LogP contribution is 2.30. The molecule has 1 aliphatic carbocycles. The fraction of sp³-hybridized carbons (Fsp3) is 0.316. The second kappa shape index (κ2) is 6.13. The van der Waals surface area contributed by atoms with Gasteiger partial charge in [0.15, 0.2) is 0 Å². The Hall–Kier alpha value is -2.09. The van der Waals surface area contributed by atoms with Crippen LogP contribution in [-0.2, 0) is 22.4 Å². The largest absolute Gasteiger partial charge is 0.468 e. The second-order valence-electron chi connectivity index (χ2n) is 5.60. The van der Waals surface area contributed by atoms with Gasteiger partial charge >= 0.3 is 5.97 Å². The minimum absolute atomic E-state index is 0.197. The molecule has 0 saturated heterocycles. The van der Waals surface area contributed by atoms with Crippen molar-refractivity contribution in [1.82, 2.24) is 0 Å². The maximum Gasteiger partial charge on any atom is 0.317 e. The normalized spacial score (nSPS) is 15.1. The Morgan fingerprint density at radius 3 is 2.38 bits per heavy atom. The third-order valence-corrected chi connectivity index (χ3v) is 4.28. The van der Waals surface area contributed by atoms with Crippen molar-refractivity contribution in [1.29, 1.82) is 0 Å². The van der Waals surface area contributed by atoms with Gasteiger partial charge in [0.05, 0.1) is 7.11 Å². The number of methoxy groups -OCH3 is 1. The molecule has 0 heterocycles. The highest BCUT2D eigenvalue weighted by Gasteiger charge is 2.24. The molecule has 0 N–H and O–H groups in total. The molecule has 1 unspecified atom stereocenters. The number of hydrogen-bond donors (Lipinski definition) is 0. The topological polar surface area (TPSA) is 26.3 Å². The van der Waals surface area contributed by atoms with Gasteiger partial charge < -0.3 is 4.74 Å². The molecule has 2 nitrogen and oxygen atoms in total. The van der Waals surface area contributed by atoms with Gasteiger partial charge in [-0.1, -0.05) is 48.5 Å². The molecule has 2 aromatic rings. The van der Waals surface area contributed by atoms with E-state index in [9.17, 15) is 4.79 Å². The van der Waals surface area contributed by atoms with Crippen molar-refractivity contribution in [2.45, 2.75) is 31.6 Å². The van der Waals surface area contributed by atoms with Crippen molar-refractivity contribution in [2.75, 3.05) is 7.11 Å². The Bertz CT molecular complexity index is 631. The molecule has 2 aromatic carbocycles. The quantitative estimate of drug-likeness (QED) is 0.798. The predicted molar refractivity (Wildman–Crippen MR) is 83.4 cm³/mol. The summed E-state index contributed by atoms with van der Waals surface area (Å²) >= 11 is 0. The van der Waals surface area contributed by atoms with E-state index in [1.54, 1.807) is 0 Å². The lowest BCUT2D eigenvalue weighted by Gasteiger charge is -2.20. The number of hydrogen-bond acceptors (Lipinski definition) is 2. The summed E-state index contributed by atoms with van der Waals surface area (Å²) in [5.74, 6) is -0.527. The van der Waals surface area contributed by atoms with Crippen LogP contribution >= 0.6 is 0 Å². The van der Waals surface area contributed by atoms with Gasteiger partial charge in [0.1, 0.15) is 5.92 Å². The molecule has 1 atom stereocenters. The third-order valence-electron chi connectivity index (χ3n) is 4.28. The highest BCUT2D eigenvalue weighted by atomic mass is 16.5. The lowest BCUT2D eigenvalue weighted by Crippen LogP contribution is -2.16. The monoisotopic (exact) mass is 280 g/mol. The van der Waals surface area contributed by atoms with E-state index >= 15 is 0 Å². The van der Waals surface area contributed by atoms with E-state index in [0.717, 1.165) is 24.0 Å². The molecule has 0 spiro atoms. The summed E-state index contributed by atoms with van der Waals surface area (Å²) in [4.78, 5) is 12.3. The number of benzene rings is 2. The van der Waals surface area contributed by atoms with Crippen molar-refractivity contribution >= 4 is 5.97 Å². The summed E-state index contributed by atoms with van der Waals surface area (Å²) in [6, 6.07) is 16.3. The summed E-state index contributed by atoms with van der Waals surface area (Å²) < 4.78 is 5.03. The molecule has 0 aliphatic heterocycles. The smallest absolute Gasteiger partial charge is 0.317 e. The standard InChI is InChI=1S/C19H20O2/c1-21-19(20)18(15-8-3-2-4-9-15)17-12-11-14-7-5-6-10-16(14)13-17/h2-4,8-9,11-13,18H,5-7,10H2,1H3. The van der Waals surface area contributed by atoms with Crippen LogP contribution in [-0.4, -0.2) is 13.1 Å². The van der Waals surface area contributed by atoms with Crippen molar-refractivity contribution in [3.8, 4) is 0 Å². The Morgan fingerprint density at radius 1 is 0.952 bits per heavy atom. The van der Waals surface area contributed by atoms with Crippen molar-refractivity contribution in [2.24, 2.45) is 0 Å². The number of rotatable bonds is 3. The lowest BCUT2D eigenvalue weighted by molar-refractivity contribution is -0.141. The van der Waals surface area contributed by atoms with Gasteiger partial charge in [0.25, 0.3) is 0 Å². The van der Waals surface area contributed by atoms with E-state index in [0.29, 0.717) is 0 Å². The van der Waals surface area contributed by atoms with E-state index < -0.39 is 0 Å². The van der Waals surface area contributed by atoms with Gasteiger partial charge in [-0.25, -0.2) is 0 Å². The first-order valence-electron chi connectivity index (χ1n) is 7.54. The van der Waals surface area contributed by atoms with E-state index in [2.05, 4.69) is 18.2 Å². The second-order valence-corrected chi connectivity index (χ2v) is 5.60. The maximum atomic E-state index is 12.3. The van der Waals surface area contributed by atoms with Crippen LogP contribution in [0.5, 0.6) is 0 Å². The molecular weight excluding hydrogens is 260 g/mol. The SMILES string of the molecule is COC(=O)C(c1ccccc1)c1ccc2c(c1)CCCC2. The molecule has 3 rings (SSSR count). The summed E-state index contributed by atoms with van der Waals surface area (Å²) in [7, 11) is 1.46. The fourth-order valence-electron chi connectivity index (χ4n) is 3.16. The number of carbonyl (C=O) groups is 1. The van der Waals surface area contributed by atoms with Gasteiger partial charge in [-0.05, 0) is 47.9 Å². The van der Waals surface area contributed by atoms with Crippen LogP contribution < -0.4 is 0 Å². The molecule has 2 heteroatoms. The van der Waals surface area contributed by atoms with Crippen molar-refractivity contribution < 1.29 is 9.53 Å². The zero-order valence-electron chi connectivity index (χ0n) is 12.3. The number of aryl methyl sites for hydroxylation is 2. The van der Waals surface area contributed by atoms with Crippen LogP contribution in [0, 0.1) is 0 Å². The van der Waals surface area contributed by atoms with Crippen LogP contribution in [0.1, 0.15) is 41.0 Å². The fourth-order valence-corrected chi connectivity index (χ4v) is 3.16. The van der Waals surface area contributed by atoms with Crippen LogP contribution in [0.25, 0.3) is 0 Å². The van der Waals surface area contributed by atoms with E-state index in [1.165, 1.54) is 31.1 Å². The van der Waals surface area contributed by atoms with E-state index in [4.69, 9.17) is 4.74 Å². The molecule has 21 heavy (non-hydrogen) atoms. The van der Waals surface area contributed by atoms with E-state index in [-0.39, 0.29) is 11.9 Å². The van der Waals surface area contributed by atoms with Crippen molar-refractivity contribution in [3.05, 3.63) is 70.8 Å². The van der Waals surface area contributed by atoms with Crippen LogP contribution in [0.4, 0.5) is 0 Å². The molecule has 1 aliphatic rings. The molecule has 0 fully saturated rings. The number of ether oxygens (including phenoxy) is 1. The molecule has 0 aromatic heterocycles. The third kappa shape index (κ3) is 2.85. The summed E-state index contributed by atoms with van der Waals surface area (Å²) in [5.41, 5.74) is 4.85. The zero-order chi connectivity index (χ0) is 14.7. The first-order valence-corrected chi connectivity index (χ1v) is 7.54. The Morgan fingerprint density at radius 2 is 1.67 bits per heavy atom. The number of fused-ring (bicyclic) bond motifs is 1. The lowest BCUT2D eigenvalue weighted by atomic mass is 9.85. The van der Waals surface area contributed by atoms with Gasteiger partial charge in [-0.2, -0.15) is 0 Å². The first-order chi connectivity index (χ1) is 10.3. The number of esters is 1. The van der Waals surface area contributed by atoms with Gasteiger partial charge in [0, 0.05) is 0 Å². The summed E-state index contributed by atoms with van der Waals surface area (Å²) in [6.45, 7) is 0. The van der Waals surface area contributed by atoms with Gasteiger partial charge in [-0.15, -0.1) is 0 Å². The highest BCUT2D eigenvalue weighted by molar-refractivity contribution is 5.82. The van der Waals surface area contributed by atoms with Gasteiger partial charge in [-0.3, -0.25) is 4.79 Å². The molecular formula is C19H20O2. The van der Waals surface area contributed by atoms with Crippen LogP contribution in [0.2, 0.25) is 0 Å². The number of carbonyl (C=O) groups excluding carboxylic acids is 1. The summed E-state index contributed by atoms with van der Waals surface area (Å²) in [6.07, 6.45) is 4.78.